The normalized spacial score (nSPS) is 12.2. The monoisotopic (exact) mass is 249 g/mol. The van der Waals surface area contributed by atoms with E-state index in [2.05, 4.69) is 4.98 Å². The Balaban J connectivity index is 2.18. The molecule has 0 spiro atoms. The number of nitrogens with zero attached hydrogens (tertiary/aromatic N) is 1. The van der Waals surface area contributed by atoms with Crippen molar-refractivity contribution in [2.45, 2.75) is 13.0 Å². The van der Waals surface area contributed by atoms with Gasteiger partial charge < -0.3 is 9.84 Å². The van der Waals surface area contributed by atoms with Crippen molar-refractivity contribution in [2.75, 3.05) is 0 Å². The Morgan fingerprint density at radius 2 is 1.88 bits per heavy atom. The number of pyridine rings is 1. The molecule has 0 radical (unpaired) electrons. The number of benzene rings is 1. The Morgan fingerprint density at radius 1 is 1.18 bits per heavy atom. The Bertz CT molecular complexity index is 497. The van der Waals surface area contributed by atoms with Crippen molar-refractivity contribution in [1.82, 2.24) is 4.98 Å². The first-order valence-corrected chi connectivity index (χ1v) is 5.61. The van der Waals surface area contributed by atoms with E-state index in [0.29, 0.717) is 22.3 Å². The molecule has 17 heavy (non-hydrogen) atoms. The van der Waals surface area contributed by atoms with Gasteiger partial charge in [-0.05, 0) is 37.3 Å². The molecule has 0 amide bonds. The first-order chi connectivity index (χ1) is 8.15. The summed E-state index contributed by atoms with van der Waals surface area (Å²) in [5.41, 5.74) is 0.580. The number of aliphatic hydroxyl groups is 1. The summed E-state index contributed by atoms with van der Waals surface area (Å²) >= 11 is 5.78. The highest BCUT2D eigenvalue weighted by molar-refractivity contribution is 6.30. The van der Waals surface area contributed by atoms with Gasteiger partial charge in [0.05, 0.1) is 11.8 Å². The van der Waals surface area contributed by atoms with Gasteiger partial charge in [0.25, 0.3) is 0 Å². The molecule has 0 saturated carbocycles. The molecular formula is C13H12ClNO2. The summed E-state index contributed by atoms with van der Waals surface area (Å²) in [6.07, 6.45) is -0.608. The van der Waals surface area contributed by atoms with Crippen molar-refractivity contribution in [2.24, 2.45) is 0 Å². The smallest absolute Gasteiger partial charge is 0.219 e. The summed E-state index contributed by atoms with van der Waals surface area (Å²) in [6.45, 7) is 1.66. The summed E-state index contributed by atoms with van der Waals surface area (Å²) in [7, 11) is 0. The lowest BCUT2D eigenvalue weighted by Crippen LogP contribution is -1.96. The molecule has 1 N–H and O–H groups in total. The van der Waals surface area contributed by atoms with Gasteiger partial charge in [-0.3, -0.25) is 0 Å². The van der Waals surface area contributed by atoms with Crippen LogP contribution in [0.25, 0.3) is 0 Å². The van der Waals surface area contributed by atoms with Crippen molar-refractivity contribution < 1.29 is 9.84 Å². The van der Waals surface area contributed by atoms with Crippen molar-refractivity contribution >= 4 is 11.6 Å². The number of aliphatic hydroxyl groups excluding tert-OH is 1. The fourth-order valence-electron chi connectivity index (χ4n) is 1.34. The second-order valence-electron chi connectivity index (χ2n) is 3.63. The SMILES string of the molecule is C[C@H](O)c1cccc(Oc2ccc(Cl)cc2)n1. The van der Waals surface area contributed by atoms with Crippen molar-refractivity contribution in [3.05, 3.63) is 53.2 Å². The fraction of sp³-hybridized carbons (Fsp3) is 0.154. The third-order valence-electron chi connectivity index (χ3n) is 2.21. The predicted molar refractivity (Wildman–Crippen MR) is 66.4 cm³/mol. The zero-order valence-electron chi connectivity index (χ0n) is 9.30. The molecule has 2 rings (SSSR count). The number of halogens is 1. The lowest BCUT2D eigenvalue weighted by atomic mass is 10.2. The molecule has 1 heterocycles. The van der Waals surface area contributed by atoms with Crippen LogP contribution in [0, 0.1) is 0 Å². The third-order valence-corrected chi connectivity index (χ3v) is 2.46. The standard InChI is InChI=1S/C13H12ClNO2/c1-9(16)12-3-2-4-13(15-12)17-11-7-5-10(14)6-8-11/h2-9,16H,1H3/t9-/m0/s1. The van der Waals surface area contributed by atoms with Crippen molar-refractivity contribution in [3.63, 3.8) is 0 Å². The molecule has 1 atom stereocenters. The molecule has 0 fully saturated rings. The molecule has 1 aromatic carbocycles. The van der Waals surface area contributed by atoms with Gasteiger partial charge >= 0.3 is 0 Å². The van der Waals surface area contributed by atoms with Crippen LogP contribution in [0.5, 0.6) is 11.6 Å². The minimum Gasteiger partial charge on any atom is -0.439 e. The van der Waals surface area contributed by atoms with E-state index < -0.39 is 6.10 Å². The lowest BCUT2D eigenvalue weighted by Gasteiger charge is -2.07. The van der Waals surface area contributed by atoms with Gasteiger partial charge in [0, 0.05) is 11.1 Å². The quantitative estimate of drug-likeness (QED) is 0.904. The van der Waals surface area contributed by atoms with E-state index >= 15 is 0 Å². The molecule has 0 aliphatic heterocycles. The summed E-state index contributed by atoms with van der Waals surface area (Å²) in [5.74, 6) is 1.11. The summed E-state index contributed by atoms with van der Waals surface area (Å²) in [6, 6.07) is 12.3. The molecule has 4 heteroatoms. The molecule has 88 valence electrons. The Labute approximate surface area is 105 Å². The number of ether oxygens (including phenoxy) is 1. The number of hydrogen-bond donors (Lipinski definition) is 1. The van der Waals surface area contributed by atoms with Crippen LogP contribution in [0.1, 0.15) is 18.7 Å². The Kier molecular flexibility index (Phi) is 3.61. The van der Waals surface area contributed by atoms with E-state index in [9.17, 15) is 5.11 Å². The van der Waals surface area contributed by atoms with Crippen LogP contribution >= 0.6 is 11.6 Å². The molecule has 0 saturated heterocycles. The molecule has 1 aromatic heterocycles. The average molecular weight is 250 g/mol. The minimum atomic E-state index is -0.608. The van der Waals surface area contributed by atoms with E-state index in [1.54, 1.807) is 49.4 Å². The maximum atomic E-state index is 9.42. The highest BCUT2D eigenvalue weighted by atomic mass is 35.5. The van der Waals surface area contributed by atoms with E-state index in [0.717, 1.165) is 0 Å². The molecule has 2 aromatic rings. The Morgan fingerprint density at radius 3 is 2.53 bits per heavy atom. The van der Waals surface area contributed by atoms with Gasteiger partial charge in [0.2, 0.25) is 5.88 Å². The van der Waals surface area contributed by atoms with Crippen LogP contribution in [0.3, 0.4) is 0 Å². The van der Waals surface area contributed by atoms with E-state index in [4.69, 9.17) is 16.3 Å². The molecule has 0 unspecified atom stereocenters. The van der Waals surface area contributed by atoms with Crippen LogP contribution in [0.15, 0.2) is 42.5 Å². The molecule has 0 aliphatic carbocycles. The van der Waals surface area contributed by atoms with Gasteiger partial charge in [-0.25, -0.2) is 4.98 Å². The first kappa shape index (κ1) is 11.9. The second-order valence-corrected chi connectivity index (χ2v) is 4.07. The fourth-order valence-corrected chi connectivity index (χ4v) is 1.47. The van der Waals surface area contributed by atoms with Crippen LogP contribution < -0.4 is 4.74 Å². The maximum Gasteiger partial charge on any atom is 0.219 e. The molecule has 0 bridgehead atoms. The van der Waals surface area contributed by atoms with Gasteiger partial charge in [-0.1, -0.05) is 17.7 Å². The van der Waals surface area contributed by atoms with Gasteiger partial charge in [-0.2, -0.15) is 0 Å². The van der Waals surface area contributed by atoms with Crippen LogP contribution in [-0.4, -0.2) is 10.1 Å². The zero-order chi connectivity index (χ0) is 12.3. The van der Waals surface area contributed by atoms with Crippen LogP contribution in [0.2, 0.25) is 5.02 Å². The van der Waals surface area contributed by atoms with Crippen molar-refractivity contribution in [3.8, 4) is 11.6 Å². The number of rotatable bonds is 3. The predicted octanol–water partition coefficient (Wildman–Crippen LogP) is 3.58. The molecular weight excluding hydrogens is 238 g/mol. The number of hydrogen-bond acceptors (Lipinski definition) is 3. The van der Waals surface area contributed by atoms with Crippen LogP contribution in [-0.2, 0) is 0 Å². The maximum absolute atomic E-state index is 9.42. The summed E-state index contributed by atoms with van der Waals surface area (Å²) in [5, 5.41) is 10.1. The Hall–Kier alpha value is -1.58. The highest BCUT2D eigenvalue weighted by Gasteiger charge is 2.04. The first-order valence-electron chi connectivity index (χ1n) is 5.23. The minimum absolute atomic E-state index is 0.450. The van der Waals surface area contributed by atoms with E-state index in [-0.39, 0.29) is 0 Å². The zero-order valence-corrected chi connectivity index (χ0v) is 10.1. The van der Waals surface area contributed by atoms with Crippen LogP contribution in [0.4, 0.5) is 0 Å². The topological polar surface area (TPSA) is 42.4 Å². The third kappa shape index (κ3) is 3.19. The van der Waals surface area contributed by atoms with Gasteiger partial charge in [0.15, 0.2) is 0 Å². The highest BCUT2D eigenvalue weighted by Crippen LogP contribution is 2.22. The van der Waals surface area contributed by atoms with E-state index in [1.807, 2.05) is 0 Å². The summed E-state index contributed by atoms with van der Waals surface area (Å²) < 4.78 is 5.54. The average Bonchev–Trinajstić information content (AvgIpc) is 2.32. The van der Waals surface area contributed by atoms with Crippen molar-refractivity contribution in [1.29, 1.82) is 0 Å². The molecule has 0 aliphatic rings. The lowest BCUT2D eigenvalue weighted by molar-refractivity contribution is 0.193. The second kappa shape index (κ2) is 5.17. The number of aromatic nitrogens is 1. The largest absolute Gasteiger partial charge is 0.439 e. The van der Waals surface area contributed by atoms with Gasteiger partial charge in [0.1, 0.15) is 5.75 Å². The van der Waals surface area contributed by atoms with E-state index in [1.165, 1.54) is 0 Å². The summed E-state index contributed by atoms with van der Waals surface area (Å²) in [4.78, 5) is 4.18. The van der Waals surface area contributed by atoms with Gasteiger partial charge in [-0.15, -0.1) is 0 Å². The molecule has 3 nitrogen and oxygen atoms in total.